The maximum atomic E-state index is 13.6. The highest BCUT2D eigenvalue weighted by atomic mass is 32.2. The first-order chi connectivity index (χ1) is 9.92. The van der Waals surface area contributed by atoms with Crippen molar-refractivity contribution in [1.82, 2.24) is 5.32 Å². The minimum atomic E-state index is -3.94. The molecular formula is C14H17FN2O3S. The van der Waals surface area contributed by atoms with Crippen LogP contribution in [0.25, 0.3) is 0 Å². The molecule has 0 saturated carbocycles. The molecule has 2 rings (SSSR count). The molecule has 21 heavy (non-hydrogen) atoms. The number of hydrogen-bond donors (Lipinski definition) is 2. The summed E-state index contributed by atoms with van der Waals surface area (Å²) in [6, 6.07) is 7.13. The Balaban J connectivity index is 2.22. The van der Waals surface area contributed by atoms with Crippen LogP contribution in [0.5, 0.6) is 0 Å². The Morgan fingerprint density at radius 1 is 1.24 bits per heavy atom. The molecule has 0 fully saturated rings. The average Bonchev–Trinajstić information content (AvgIpc) is 2.90. The molecule has 0 radical (unpaired) electrons. The molecule has 0 aliphatic carbocycles. The van der Waals surface area contributed by atoms with Crippen LogP contribution in [-0.2, 0) is 16.6 Å². The maximum Gasteiger partial charge on any atom is 0.295 e. The molecule has 0 atom stereocenters. The Morgan fingerprint density at radius 2 is 2.00 bits per heavy atom. The van der Waals surface area contributed by atoms with E-state index in [2.05, 4.69) is 10.0 Å². The van der Waals surface area contributed by atoms with Gasteiger partial charge in [0.2, 0.25) is 5.09 Å². The van der Waals surface area contributed by atoms with E-state index in [1.807, 2.05) is 6.92 Å². The van der Waals surface area contributed by atoms with Crippen molar-refractivity contribution in [3.63, 3.8) is 0 Å². The van der Waals surface area contributed by atoms with E-state index in [-0.39, 0.29) is 10.8 Å². The third-order valence-corrected chi connectivity index (χ3v) is 4.06. The van der Waals surface area contributed by atoms with Gasteiger partial charge in [0.05, 0.1) is 12.2 Å². The van der Waals surface area contributed by atoms with Crippen LogP contribution >= 0.6 is 0 Å². The summed E-state index contributed by atoms with van der Waals surface area (Å²) < 4.78 is 45.4. The van der Waals surface area contributed by atoms with Crippen LogP contribution in [0, 0.1) is 12.7 Å². The zero-order valence-electron chi connectivity index (χ0n) is 11.8. The maximum absolute atomic E-state index is 13.6. The second-order valence-corrected chi connectivity index (χ2v) is 6.20. The molecule has 0 saturated heterocycles. The van der Waals surface area contributed by atoms with Gasteiger partial charge < -0.3 is 9.73 Å². The molecule has 0 unspecified atom stereocenters. The normalized spacial score (nSPS) is 11.6. The van der Waals surface area contributed by atoms with E-state index in [1.165, 1.54) is 18.2 Å². The minimum absolute atomic E-state index is 0.0976. The summed E-state index contributed by atoms with van der Waals surface area (Å²) in [6.07, 6.45) is 0. The van der Waals surface area contributed by atoms with Gasteiger partial charge in [0, 0.05) is 0 Å². The van der Waals surface area contributed by atoms with Gasteiger partial charge in [0.1, 0.15) is 11.6 Å². The van der Waals surface area contributed by atoms with Crippen LogP contribution in [0.1, 0.15) is 18.2 Å². The van der Waals surface area contributed by atoms with Crippen molar-refractivity contribution in [3.8, 4) is 0 Å². The molecule has 1 aromatic carbocycles. The Kier molecular flexibility index (Phi) is 4.64. The van der Waals surface area contributed by atoms with E-state index in [9.17, 15) is 12.8 Å². The minimum Gasteiger partial charge on any atom is -0.446 e. The highest BCUT2D eigenvalue weighted by Crippen LogP contribution is 2.21. The van der Waals surface area contributed by atoms with Crippen molar-refractivity contribution in [1.29, 1.82) is 0 Å². The van der Waals surface area contributed by atoms with E-state index < -0.39 is 15.8 Å². The predicted octanol–water partition coefficient (Wildman–Crippen LogP) is 2.64. The summed E-state index contributed by atoms with van der Waals surface area (Å²) in [5.74, 6) is -0.134. The van der Waals surface area contributed by atoms with Gasteiger partial charge in [-0.05, 0) is 43.3 Å². The fourth-order valence-corrected chi connectivity index (χ4v) is 2.77. The Hall–Kier alpha value is -1.86. The van der Waals surface area contributed by atoms with Crippen molar-refractivity contribution < 1.29 is 17.2 Å². The van der Waals surface area contributed by atoms with Crippen molar-refractivity contribution in [2.24, 2.45) is 0 Å². The first-order valence-electron chi connectivity index (χ1n) is 6.51. The molecule has 2 N–H and O–H groups in total. The lowest BCUT2D eigenvalue weighted by Crippen LogP contribution is -2.14. The van der Waals surface area contributed by atoms with E-state index in [4.69, 9.17) is 4.42 Å². The average molecular weight is 312 g/mol. The lowest BCUT2D eigenvalue weighted by Gasteiger charge is -2.07. The lowest BCUT2D eigenvalue weighted by atomic mass is 10.2. The molecule has 2 aromatic rings. The summed E-state index contributed by atoms with van der Waals surface area (Å²) in [7, 11) is -3.94. The van der Waals surface area contributed by atoms with Crippen molar-refractivity contribution in [2.45, 2.75) is 25.5 Å². The van der Waals surface area contributed by atoms with Crippen LogP contribution in [0.15, 0.2) is 39.8 Å². The number of sulfonamides is 1. The Morgan fingerprint density at radius 3 is 2.71 bits per heavy atom. The molecule has 0 bridgehead atoms. The number of nitrogens with one attached hydrogen (secondary N) is 2. The summed E-state index contributed by atoms with van der Waals surface area (Å²) >= 11 is 0. The van der Waals surface area contributed by atoms with Gasteiger partial charge in [-0.1, -0.05) is 13.0 Å². The van der Waals surface area contributed by atoms with E-state index >= 15 is 0 Å². The predicted molar refractivity (Wildman–Crippen MR) is 78.0 cm³/mol. The van der Waals surface area contributed by atoms with Gasteiger partial charge in [-0.2, -0.15) is 8.42 Å². The number of rotatable bonds is 6. The molecule has 114 valence electrons. The van der Waals surface area contributed by atoms with Crippen LogP contribution in [-0.4, -0.2) is 15.0 Å². The van der Waals surface area contributed by atoms with Gasteiger partial charge in [-0.25, -0.2) is 4.39 Å². The third-order valence-electron chi connectivity index (χ3n) is 2.82. The summed E-state index contributed by atoms with van der Waals surface area (Å²) in [5.41, 5.74) is 0.654. The Labute approximate surface area is 123 Å². The largest absolute Gasteiger partial charge is 0.446 e. The molecule has 0 aliphatic heterocycles. The zero-order valence-corrected chi connectivity index (χ0v) is 12.6. The summed E-state index contributed by atoms with van der Waals surface area (Å²) in [4.78, 5) is 0. The highest BCUT2D eigenvalue weighted by molar-refractivity contribution is 7.92. The standard InChI is InChI=1S/C14H17FN2O3S/c1-3-16-9-11-5-7-14(20-11)21(18,19)17-13-8-10(2)4-6-12(13)15/h4-8,16-17H,3,9H2,1-2H3. The molecule has 7 heteroatoms. The molecule has 1 aromatic heterocycles. The molecule has 5 nitrogen and oxygen atoms in total. The van der Waals surface area contributed by atoms with E-state index in [0.29, 0.717) is 12.3 Å². The van der Waals surface area contributed by atoms with Gasteiger partial charge in [0.25, 0.3) is 10.0 Å². The number of aryl methyl sites for hydroxylation is 1. The van der Waals surface area contributed by atoms with Crippen molar-refractivity contribution in [2.75, 3.05) is 11.3 Å². The number of benzene rings is 1. The lowest BCUT2D eigenvalue weighted by molar-refractivity contribution is 0.405. The summed E-state index contributed by atoms with van der Waals surface area (Å²) in [6.45, 7) is 4.86. The molecular weight excluding hydrogens is 295 g/mol. The molecule has 0 aliphatic rings. The number of anilines is 1. The van der Waals surface area contributed by atoms with Crippen molar-refractivity contribution in [3.05, 3.63) is 47.5 Å². The first kappa shape index (κ1) is 15.5. The van der Waals surface area contributed by atoms with Gasteiger partial charge in [0.15, 0.2) is 0 Å². The van der Waals surface area contributed by atoms with Crippen molar-refractivity contribution >= 4 is 15.7 Å². The monoisotopic (exact) mass is 312 g/mol. The SMILES string of the molecule is CCNCc1ccc(S(=O)(=O)Nc2cc(C)ccc2F)o1. The summed E-state index contributed by atoms with van der Waals surface area (Å²) in [5, 5.41) is 2.79. The van der Waals surface area contributed by atoms with Crippen LogP contribution in [0.3, 0.4) is 0 Å². The van der Waals surface area contributed by atoms with Crippen LogP contribution in [0.4, 0.5) is 10.1 Å². The fourth-order valence-electron chi connectivity index (χ4n) is 1.76. The quantitative estimate of drug-likeness (QED) is 0.860. The zero-order chi connectivity index (χ0) is 15.5. The fraction of sp³-hybridized carbons (Fsp3) is 0.286. The van der Waals surface area contributed by atoms with E-state index in [1.54, 1.807) is 19.1 Å². The smallest absolute Gasteiger partial charge is 0.295 e. The van der Waals surface area contributed by atoms with Crippen LogP contribution < -0.4 is 10.0 Å². The number of furan rings is 1. The number of hydrogen-bond acceptors (Lipinski definition) is 4. The molecule has 0 spiro atoms. The first-order valence-corrected chi connectivity index (χ1v) is 7.99. The molecule has 0 amide bonds. The number of halogens is 1. The van der Waals surface area contributed by atoms with E-state index in [0.717, 1.165) is 12.1 Å². The van der Waals surface area contributed by atoms with Gasteiger partial charge in [-0.3, -0.25) is 4.72 Å². The van der Waals surface area contributed by atoms with Gasteiger partial charge >= 0.3 is 0 Å². The third kappa shape index (κ3) is 3.83. The highest BCUT2D eigenvalue weighted by Gasteiger charge is 2.20. The topological polar surface area (TPSA) is 71.3 Å². The van der Waals surface area contributed by atoms with Gasteiger partial charge in [-0.15, -0.1) is 0 Å². The second-order valence-electron chi connectivity index (χ2n) is 4.59. The molecule has 1 heterocycles. The Bertz CT molecular complexity index is 726. The second kappa shape index (κ2) is 6.28. The van der Waals surface area contributed by atoms with Crippen LogP contribution in [0.2, 0.25) is 0 Å².